The number of carbonyl (C=O) groups is 1. The second-order valence-electron chi connectivity index (χ2n) is 6.47. The summed E-state index contributed by atoms with van der Waals surface area (Å²) < 4.78 is 1.47. The van der Waals surface area contributed by atoms with Gasteiger partial charge in [0, 0.05) is 12.7 Å². The number of hydrogen-bond acceptors (Lipinski definition) is 4. The summed E-state index contributed by atoms with van der Waals surface area (Å²) in [5, 5.41) is 13.8. The molecule has 0 saturated heterocycles. The second kappa shape index (κ2) is 7.44. The molecule has 0 spiro atoms. The molecule has 0 saturated carbocycles. The van der Waals surface area contributed by atoms with E-state index in [2.05, 4.69) is 15.5 Å². The highest BCUT2D eigenvalue weighted by Gasteiger charge is 2.21. The van der Waals surface area contributed by atoms with Crippen molar-refractivity contribution in [2.45, 2.75) is 6.92 Å². The highest BCUT2D eigenvalue weighted by atomic mass is 16.2. The first-order valence-corrected chi connectivity index (χ1v) is 8.92. The minimum atomic E-state index is -0.200. The molecule has 0 radical (unpaired) electrons. The molecule has 138 valence electrons. The fourth-order valence-corrected chi connectivity index (χ4v) is 3.05. The van der Waals surface area contributed by atoms with Gasteiger partial charge in [-0.2, -0.15) is 4.68 Å². The van der Waals surface area contributed by atoms with Crippen molar-refractivity contribution in [2.24, 2.45) is 0 Å². The Hall–Kier alpha value is -3.80. The van der Waals surface area contributed by atoms with E-state index < -0.39 is 0 Å². The Morgan fingerprint density at radius 2 is 1.68 bits per heavy atom. The van der Waals surface area contributed by atoms with Gasteiger partial charge in [-0.15, -0.1) is 5.10 Å². The maximum absolute atomic E-state index is 13.4. The van der Waals surface area contributed by atoms with E-state index >= 15 is 0 Å². The molecule has 1 amide bonds. The number of aromatic nitrogens is 4. The number of fused-ring (bicyclic) bond motifs is 1. The molecule has 0 aliphatic carbocycles. The topological polar surface area (TPSA) is 63.9 Å². The van der Waals surface area contributed by atoms with Crippen LogP contribution in [0.2, 0.25) is 0 Å². The van der Waals surface area contributed by atoms with Crippen molar-refractivity contribution in [1.82, 2.24) is 20.2 Å². The highest BCUT2D eigenvalue weighted by Crippen LogP contribution is 2.24. The number of benzene rings is 3. The van der Waals surface area contributed by atoms with E-state index in [9.17, 15) is 4.79 Å². The molecule has 0 aliphatic rings. The predicted octanol–water partition coefficient (Wildman–Crippen LogP) is 3.80. The fraction of sp³-hybridized carbons (Fsp3) is 0.0909. The largest absolute Gasteiger partial charge is 0.310 e. The smallest absolute Gasteiger partial charge is 0.276 e. The summed E-state index contributed by atoms with van der Waals surface area (Å²) in [5.74, 6) is 0.344. The van der Waals surface area contributed by atoms with Crippen molar-refractivity contribution in [1.29, 1.82) is 0 Å². The zero-order valence-electron chi connectivity index (χ0n) is 15.6. The van der Waals surface area contributed by atoms with Gasteiger partial charge in [-0.25, -0.2) is 0 Å². The van der Waals surface area contributed by atoms with Gasteiger partial charge in [0.25, 0.3) is 5.91 Å². The van der Waals surface area contributed by atoms with Gasteiger partial charge < -0.3 is 4.90 Å². The lowest BCUT2D eigenvalue weighted by atomic mass is 10.1. The standard InChI is InChI=1S/C22H19N5O/c1-16-23-24-25-27(16)21(14-17-8-4-3-5-9-17)22(28)26(2)20-13-12-18-10-6-7-11-19(18)15-20/h3-15H,1-2H3/b21-14+. The van der Waals surface area contributed by atoms with Gasteiger partial charge in [0.05, 0.1) is 0 Å². The third kappa shape index (κ3) is 3.40. The van der Waals surface area contributed by atoms with Crippen LogP contribution in [-0.2, 0) is 4.79 Å². The van der Waals surface area contributed by atoms with E-state index in [0.29, 0.717) is 11.5 Å². The van der Waals surface area contributed by atoms with E-state index in [4.69, 9.17) is 0 Å². The molecule has 4 rings (SSSR count). The molecule has 4 aromatic rings. The maximum Gasteiger partial charge on any atom is 0.276 e. The molecule has 0 atom stereocenters. The van der Waals surface area contributed by atoms with Gasteiger partial charge >= 0.3 is 0 Å². The van der Waals surface area contributed by atoms with Gasteiger partial charge in [0.1, 0.15) is 5.70 Å². The SMILES string of the molecule is Cc1nnnn1/C(=C/c1ccccc1)C(=O)N(C)c1ccc2ccccc2c1. The number of rotatable bonds is 4. The van der Waals surface area contributed by atoms with E-state index in [1.54, 1.807) is 24.9 Å². The first-order chi connectivity index (χ1) is 13.6. The molecule has 0 aliphatic heterocycles. The molecular formula is C22H19N5O. The Labute approximate surface area is 162 Å². The Morgan fingerprint density at radius 1 is 0.964 bits per heavy atom. The van der Waals surface area contributed by atoms with Crippen molar-refractivity contribution in [3.8, 4) is 0 Å². The molecule has 1 heterocycles. The third-order valence-electron chi connectivity index (χ3n) is 4.60. The lowest BCUT2D eigenvalue weighted by molar-refractivity contribution is -0.113. The molecule has 0 N–H and O–H groups in total. The summed E-state index contributed by atoms with van der Waals surface area (Å²) in [6.45, 7) is 1.77. The fourth-order valence-electron chi connectivity index (χ4n) is 3.05. The quantitative estimate of drug-likeness (QED) is 0.513. The number of aryl methyl sites for hydroxylation is 1. The molecule has 3 aromatic carbocycles. The Morgan fingerprint density at radius 3 is 2.39 bits per heavy atom. The average Bonchev–Trinajstić information content (AvgIpc) is 3.17. The molecular weight excluding hydrogens is 350 g/mol. The van der Waals surface area contributed by atoms with Crippen LogP contribution in [0.15, 0.2) is 72.8 Å². The summed E-state index contributed by atoms with van der Waals surface area (Å²) in [6.07, 6.45) is 1.79. The molecule has 6 nitrogen and oxygen atoms in total. The minimum absolute atomic E-state index is 0.200. The van der Waals surface area contributed by atoms with Crippen LogP contribution in [0.3, 0.4) is 0 Å². The number of anilines is 1. The zero-order chi connectivity index (χ0) is 19.5. The number of carbonyl (C=O) groups excluding carboxylic acids is 1. The zero-order valence-corrected chi connectivity index (χ0v) is 15.6. The first kappa shape index (κ1) is 17.6. The summed E-state index contributed by atoms with van der Waals surface area (Å²) in [5.41, 5.74) is 2.07. The van der Waals surface area contributed by atoms with E-state index in [1.807, 2.05) is 72.8 Å². The summed E-state index contributed by atoms with van der Waals surface area (Å²) in [7, 11) is 1.75. The maximum atomic E-state index is 13.4. The second-order valence-corrected chi connectivity index (χ2v) is 6.47. The van der Waals surface area contributed by atoms with Crippen molar-refractivity contribution >= 4 is 34.1 Å². The Balaban J connectivity index is 1.76. The first-order valence-electron chi connectivity index (χ1n) is 8.92. The molecule has 1 aromatic heterocycles. The van der Waals surface area contributed by atoms with Crippen molar-refractivity contribution in [3.05, 3.63) is 84.2 Å². The monoisotopic (exact) mass is 369 g/mol. The number of tetrazole rings is 1. The predicted molar refractivity (Wildman–Crippen MR) is 111 cm³/mol. The van der Waals surface area contributed by atoms with Crippen molar-refractivity contribution in [2.75, 3.05) is 11.9 Å². The van der Waals surface area contributed by atoms with Crippen LogP contribution in [-0.4, -0.2) is 33.2 Å². The van der Waals surface area contributed by atoms with Crippen LogP contribution >= 0.6 is 0 Å². The summed E-state index contributed by atoms with van der Waals surface area (Å²) >= 11 is 0. The van der Waals surface area contributed by atoms with Gasteiger partial charge in [-0.05, 0) is 51.9 Å². The summed E-state index contributed by atoms with van der Waals surface area (Å²) in [4.78, 5) is 15.0. The third-order valence-corrected chi connectivity index (χ3v) is 4.60. The molecule has 0 bridgehead atoms. The number of nitrogens with zero attached hydrogens (tertiary/aromatic N) is 5. The minimum Gasteiger partial charge on any atom is -0.310 e. The van der Waals surface area contributed by atoms with Crippen LogP contribution in [0.4, 0.5) is 5.69 Å². The van der Waals surface area contributed by atoms with Gasteiger partial charge in [-0.3, -0.25) is 4.79 Å². The Bertz CT molecular complexity index is 1160. The van der Waals surface area contributed by atoms with Crippen LogP contribution in [0.1, 0.15) is 11.4 Å². The Kier molecular flexibility index (Phi) is 4.68. The highest BCUT2D eigenvalue weighted by molar-refractivity contribution is 6.25. The number of hydrogen-bond donors (Lipinski definition) is 0. The van der Waals surface area contributed by atoms with Crippen LogP contribution in [0, 0.1) is 6.92 Å². The normalized spacial score (nSPS) is 11.6. The van der Waals surface area contributed by atoms with Gasteiger partial charge in [0.15, 0.2) is 5.82 Å². The van der Waals surface area contributed by atoms with Crippen LogP contribution in [0.25, 0.3) is 22.5 Å². The van der Waals surface area contributed by atoms with E-state index in [-0.39, 0.29) is 5.91 Å². The lowest BCUT2D eigenvalue weighted by Gasteiger charge is -2.20. The number of amides is 1. The molecule has 0 fully saturated rings. The lowest BCUT2D eigenvalue weighted by Crippen LogP contribution is -2.29. The van der Waals surface area contributed by atoms with Crippen LogP contribution in [0.5, 0.6) is 0 Å². The van der Waals surface area contributed by atoms with E-state index in [1.165, 1.54) is 4.68 Å². The average molecular weight is 369 g/mol. The van der Waals surface area contributed by atoms with E-state index in [0.717, 1.165) is 22.0 Å². The molecule has 6 heteroatoms. The summed E-state index contributed by atoms with van der Waals surface area (Å²) in [6, 6.07) is 23.7. The van der Waals surface area contributed by atoms with Gasteiger partial charge in [-0.1, -0.05) is 60.7 Å². The molecule has 28 heavy (non-hydrogen) atoms. The van der Waals surface area contributed by atoms with Crippen LogP contribution < -0.4 is 4.90 Å². The van der Waals surface area contributed by atoms with Crippen molar-refractivity contribution in [3.63, 3.8) is 0 Å². The number of likely N-dealkylation sites (N-methyl/N-ethyl adjacent to an activating group) is 1. The van der Waals surface area contributed by atoms with Crippen molar-refractivity contribution < 1.29 is 4.79 Å². The van der Waals surface area contributed by atoms with Gasteiger partial charge in [0.2, 0.25) is 0 Å². The molecule has 0 unspecified atom stereocenters.